The monoisotopic (exact) mass is 487 g/mol. The summed E-state index contributed by atoms with van der Waals surface area (Å²) in [5.41, 5.74) is 3.42. The Labute approximate surface area is 207 Å². The summed E-state index contributed by atoms with van der Waals surface area (Å²) in [5.74, 6) is 0.221. The summed E-state index contributed by atoms with van der Waals surface area (Å²) in [6.45, 7) is 0.503. The number of H-pyrrole nitrogens is 1. The van der Waals surface area contributed by atoms with Gasteiger partial charge < -0.3 is 10.3 Å². The summed E-state index contributed by atoms with van der Waals surface area (Å²) < 4.78 is 13.1. The minimum absolute atomic E-state index is 0.0232. The average Bonchev–Trinajstić information content (AvgIpc) is 2.87. The Morgan fingerprint density at radius 3 is 2.20 bits per heavy atom. The van der Waals surface area contributed by atoms with Crippen LogP contribution in [0.15, 0.2) is 101 Å². The van der Waals surface area contributed by atoms with Gasteiger partial charge in [0, 0.05) is 24.3 Å². The molecular formula is C28H26FN3O2S. The van der Waals surface area contributed by atoms with Crippen LogP contribution in [0.1, 0.15) is 34.7 Å². The van der Waals surface area contributed by atoms with Gasteiger partial charge in [0.15, 0.2) is 5.16 Å². The zero-order valence-electron chi connectivity index (χ0n) is 19.1. The summed E-state index contributed by atoms with van der Waals surface area (Å²) >= 11 is 1.33. The lowest BCUT2D eigenvalue weighted by Crippen LogP contribution is -2.28. The topological polar surface area (TPSA) is 74.8 Å². The normalized spacial score (nSPS) is 10.9. The number of carbonyl (C=O) groups excluding carboxylic acids is 1. The van der Waals surface area contributed by atoms with E-state index in [4.69, 9.17) is 0 Å². The number of benzene rings is 3. The highest BCUT2D eigenvalue weighted by Crippen LogP contribution is 2.27. The van der Waals surface area contributed by atoms with Crippen molar-refractivity contribution in [1.82, 2.24) is 15.3 Å². The van der Waals surface area contributed by atoms with Gasteiger partial charge in [-0.3, -0.25) is 9.59 Å². The Morgan fingerprint density at radius 2 is 1.57 bits per heavy atom. The summed E-state index contributed by atoms with van der Waals surface area (Å²) in [6, 6.07) is 28.0. The molecule has 0 saturated heterocycles. The molecule has 1 heterocycles. The zero-order valence-corrected chi connectivity index (χ0v) is 19.9. The molecule has 1 aromatic heterocycles. The van der Waals surface area contributed by atoms with Crippen molar-refractivity contribution in [2.45, 2.75) is 29.7 Å². The summed E-state index contributed by atoms with van der Waals surface area (Å²) in [4.78, 5) is 31.8. The lowest BCUT2D eigenvalue weighted by atomic mass is 9.88. The van der Waals surface area contributed by atoms with Gasteiger partial charge in [-0.15, -0.1) is 0 Å². The van der Waals surface area contributed by atoms with Crippen molar-refractivity contribution in [1.29, 1.82) is 0 Å². The Kier molecular flexibility index (Phi) is 8.46. The molecule has 4 rings (SSSR count). The molecule has 0 saturated carbocycles. The van der Waals surface area contributed by atoms with Crippen LogP contribution in [-0.2, 0) is 17.0 Å². The van der Waals surface area contributed by atoms with E-state index in [-0.39, 0.29) is 29.6 Å². The fourth-order valence-electron chi connectivity index (χ4n) is 3.85. The van der Waals surface area contributed by atoms with Gasteiger partial charge in [0.05, 0.1) is 12.1 Å². The first kappa shape index (κ1) is 24.4. The van der Waals surface area contributed by atoms with E-state index in [1.807, 2.05) is 36.4 Å². The second-order valence-electron chi connectivity index (χ2n) is 8.15. The van der Waals surface area contributed by atoms with Crippen LogP contribution >= 0.6 is 11.8 Å². The molecule has 1 amide bonds. The number of halogens is 1. The number of aromatic nitrogens is 2. The maximum atomic E-state index is 13.1. The first-order valence-electron chi connectivity index (χ1n) is 11.4. The van der Waals surface area contributed by atoms with E-state index in [1.54, 1.807) is 12.1 Å². The number of thioether (sulfide) groups is 1. The molecular weight excluding hydrogens is 461 g/mol. The van der Waals surface area contributed by atoms with Crippen LogP contribution in [0.3, 0.4) is 0 Å². The third kappa shape index (κ3) is 7.39. The van der Waals surface area contributed by atoms with Gasteiger partial charge in [0.1, 0.15) is 5.82 Å². The number of hydrogen-bond donors (Lipinski definition) is 2. The van der Waals surface area contributed by atoms with Gasteiger partial charge in [-0.2, -0.15) is 0 Å². The van der Waals surface area contributed by atoms with Crippen molar-refractivity contribution in [3.63, 3.8) is 0 Å². The first-order valence-corrected chi connectivity index (χ1v) is 12.4. The van der Waals surface area contributed by atoms with Gasteiger partial charge >= 0.3 is 0 Å². The van der Waals surface area contributed by atoms with Gasteiger partial charge in [-0.25, -0.2) is 9.37 Å². The number of amides is 1. The van der Waals surface area contributed by atoms with Crippen molar-refractivity contribution < 1.29 is 9.18 Å². The van der Waals surface area contributed by atoms with E-state index < -0.39 is 0 Å². The highest BCUT2D eigenvalue weighted by Gasteiger charge is 2.15. The van der Waals surface area contributed by atoms with E-state index in [0.717, 1.165) is 12.0 Å². The van der Waals surface area contributed by atoms with E-state index >= 15 is 0 Å². The standard InChI is InChI=1S/C28H26FN3O2S/c29-23-13-11-20(12-14-23)19-35-28-31-24(18-27(34)32-28)17-26(33)30-16-15-25(21-7-3-1-4-8-21)22-9-5-2-6-10-22/h1-14,18,25H,15-17,19H2,(H,30,33)(H,31,32,34). The van der Waals surface area contributed by atoms with Crippen LogP contribution < -0.4 is 10.9 Å². The van der Waals surface area contributed by atoms with Gasteiger partial charge in [0.25, 0.3) is 5.56 Å². The van der Waals surface area contributed by atoms with Crippen molar-refractivity contribution in [2.24, 2.45) is 0 Å². The Hall–Kier alpha value is -3.71. The Bertz CT molecular complexity index is 1260. The fraction of sp³-hybridized carbons (Fsp3) is 0.179. The van der Waals surface area contributed by atoms with E-state index in [9.17, 15) is 14.0 Å². The molecule has 0 aliphatic rings. The smallest absolute Gasteiger partial charge is 0.251 e. The molecule has 0 unspecified atom stereocenters. The van der Waals surface area contributed by atoms with Crippen molar-refractivity contribution in [3.05, 3.63) is 130 Å². The predicted octanol–water partition coefficient (Wildman–Crippen LogP) is 5.08. The van der Waals surface area contributed by atoms with Crippen molar-refractivity contribution >= 4 is 17.7 Å². The minimum Gasteiger partial charge on any atom is -0.356 e. The third-order valence-electron chi connectivity index (χ3n) is 5.56. The zero-order chi connectivity index (χ0) is 24.5. The second kappa shape index (κ2) is 12.1. The fourth-order valence-corrected chi connectivity index (χ4v) is 4.70. The maximum Gasteiger partial charge on any atom is 0.251 e. The number of nitrogens with one attached hydrogen (secondary N) is 2. The van der Waals surface area contributed by atoms with Crippen LogP contribution in [-0.4, -0.2) is 22.4 Å². The van der Waals surface area contributed by atoms with Gasteiger partial charge in [-0.05, 0) is 35.2 Å². The molecule has 5 nitrogen and oxygen atoms in total. The summed E-state index contributed by atoms with van der Waals surface area (Å²) in [6.07, 6.45) is 0.775. The molecule has 0 bridgehead atoms. The molecule has 0 aliphatic heterocycles. The van der Waals surface area contributed by atoms with Crippen LogP contribution in [0.5, 0.6) is 0 Å². The maximum absolute atomic E-state index is 13.1. The SMILES string of the molecule is O=C(Cc1cc(=O)[nH]c(SCc2ccc(F)cc2)n1)NCCC(c1ccccc1)c1ccccc1. The molecule has 0 aliphatic carbocycles. The molecule has 0 atom stereocenters. The number of aromatic amines is 1. The first-order chi connectivity index (χ1) is 17.1. The molecule has 0 fully saturated rings. The number of carbonyl (C=O) groups is 1. The molecule has 35 heavy (non-hydrogen) atoms. The third-order valence-corrected chi connectivity index (χ3v) is 6.51. The van der Waals surface area contributed by atoms with E-state index in [1.165, 1.54) is 41.1 Å². The van der Waals surface area contributed by atoms with Gasteiger partial charge in [-0.1, -0.05) is 84.6 Å². The average molecular weight is 488 g/mol. The second-order valence-corrected chi connectivity index (χ2v) is 9.11. The predicted molar refractivity (Wildman–Crippen MR) is 137 cm³/mol. The lowest BCUT2D eigenvalue weighted by Gasteiger charge is -2.18. The van der Waals surface area contributed by atoms with Crippen LogP contribution in [0.4, 0.5) is 4.39 Å². The summed E-state index contributed by atoms with van der Waals surface area (Å²) in [7, 11) is 0. The van der Waals surface area contributed by atoms with Crippen molar-refractivity contribution in [2.75, 3.05) is 6.54 Å². The summed E-state index contributed by atoms with van der Waals surface area (Å²) in [5, 5.41) is 3.40. The number of hydrogen-bond acceptors (Lipinski definition) is 4. The Balaban J connectivity index is 1.34. The highest BCUT2D eigenvalue weighted by atomic mass is 32.2. The van der Waals surface area contributed by atoms with Crippen LogP contribution in [0.25, 0.3) is 0 Å². The molecule has 0 spiro atoms. The molecule has 2 N–H and O–H groups in total. The quantitative estimate of drug-likeness (QED) is 0.242. The van der Waals surface area contributed by atoms with Gasteiger partial charge in [0.2, 0.25) is 5.91 Å². The minimum atomic E-state index is -0.308. The molecule has 4 aromatic rings. The molecule has 178 valence electrons. The van der Waals surface area contributed by atoms with Crippen LogP contribution in [0.2, 0.25) is 0 Å². The lowest BCUT2D eigenvalue weighted by molar-refractivity contribution is -0.120. The van der Waals surface area contributed by atoms with E-state index in [0.29, 0.717) is 23.1 Å². The number of rotatable bonds is 10. The van der Waals surface area contributed by atoms with Crippen LogP contribution in [0, 0.1) is 5.82 Å². The number of nitrogens with zero attached hydrogens (tertiary/aromatic N) is 1. The molecule has 0 radical (unpaired) electrons. The highest BCUT2D eigenvalue weighted by molar-refractivity contribution is 7.98. The largest absolute Gasteiger partial charge is 0.356 e. The molecule has 7 heteroatoms. The Morgan fingerprint density at radius 1 is 0.943 bits per heavy atom. The molecule has 3 aromatic carbocycles. The van der Waals surface area contributed by atoms with Crippen molar-refractivity contribution in [3.8, 4) is 0 Å². The van der Waals surface area contributed by atoms with E-state index in [2.05, 4.69) is 39.6 Å².